The number of thioether (sulfide) groups is 1. The largest absolute Gasteiger partial charge is 0.478 e. The molecular formula is C20H18N2O4S. The number of aliphatic carboxylic acids is 1. The summed E-state index contributed by atoms with van der Waals surface area (Å²) in [5.41, 5.74) is 2.71. The van der Waals surface area contributed by atoms with E-state index in [0.717, 1.165) is 29.2 Å². The van der Waals surface area contributed by atoms with E-state index in [4.69, 9.17) is 5.11 Å². The zero-order valence-electron chi connectivity index (χ0n) is 14.4. The van der Waals surface area contributed by atoms with E-state index in [9.17, 15) is 14.4 Å². The van der Waals surface area contributed by atoms with Crippen LogP contribution in [0.5, 0.6) is 0 Å². The van der Waals surface area contributed by atoms with Crippen LogP contribution in [-0.4, -0.2) is 35.2 Å². The van der Waals surface area contributed by atoms with E-state index in [2.05, 4.69) is 5.32 Å². The number of amides is 2. The number of rotatable bonds is 6. The van der Waals surface area contributed by atoms with Crippen LogP contribution in [0.1, 0.15) is 5.56 Å². The van der Waals surface area contributed by atoms with Crippen LogP contribution in [0.15, 0.2) is 65.6 Å². The second kappa shape index (κ2) is 8.55. The highest BCUT2D eigenvalue weighted by molar-refractivity contribution is 8.00. The smallest absolute Gasteiger partial charge is 0.328 e. The van der Waals surface area contributed by atoms with Crippen molar-refractivity contribution >= 4 is 40.9 Å². The molecule has 1 heterocycles. The number of para-hydroxylation sites is 1. The molecule has 0 saturated carbocycles. The van der Waals surface area contributed by atoms with Crippen molar-refractivity contribution in [1.82, 2.24) is 0 Å². The van der Waals surface area contributed by atoms with Crippen molar-refractivity contribution in [2.45, 2.75) is 11.3 Å². The standard InChI is InChI=1S/C20H18N2O4S/c23-18(8-9-20(25)26)21-15-5-3-6-16(12-15)27-13-19(24)22-11-10-14-4-1-2-7-17(14)22/h1-9,12H,10-11,13H2,(H,21,23)(H,25,26)/b9-8+. The van der Waals surface area contributed by atoms with Gasteiger partial charge in [-0.1, -0.05) is 24.3 Å². The van der Waals surface area contributed by atoms with Crippen molar-refractivity contribution in [1.29, 1.82) is 0 Å². The molecule has 0 saturated heterocycles. The van der Waals surface area contributed by atoms with Gasteiger partial charge < -0.3 is 15.3 Å². The first-order chi connectivity index (χ1) is 13.0. The van der Waals surface area contributed by atoms with Crippen molar-refractivity contribution in [3.05, 3.63) is 66.2 Å². The van der Waals surface area contributed by atoms with E-state index >= 15 is 0 Å². The van der Waals surface area contributed by atoms with Gasteiger partial charge in [0.05, 0.1) is 5.75 Å². The third kappa shape index (κ3) is 4.98. The highest BCUT2D eigenvalue weighted by atomic mass is 32.2. The van der Waals surface area contributed by atoms with Gasteiger partial charge in [0.15, 0.2) is 0 Å². The van der Waals surface area contributed by atoms with Crippen LogP contribution >= 0.6 is 11.8 Å². The molecule has 0 aromatic heterocycles. The fourth-order valence-corrected chi connectivity index (χ4v) is 3.65. The Labute approximate surface area is 160 Å². The Bertz CT molecular complexity index is 910. The lowest BCUT2D eigenvalue weighted by molar-refractivity contribution is -0.131. The number of nitrogens with one attached hydrogen (secondary N) is 1. The molecule has 1 aliphatic heterocycles. The maximum atomic E-state index is 12.6. The number of carbonyl (C=O) groups is 3. The molecule has 0 bridgehead atoms. The summed E-state index contributed by atoms with van der Waals surface area (Å²) >= 11 is 1.39. The Hall–Kier alpha value is -3.06. The van der Waals surface area contributed by atoms with Crippen molar-refractivity contribution in [3.63, 3.8) is 0 Å². The molecule has 2 N–H and O–H groups in total. The molecule has 0 unspecified atom stereocenters. The molecule has 2 amide bonds. The number of benzene rings is 2. The van der Waals surface area contributed by atoms with Crippen LogP contribution in [0.2, 0.25) is 0 Å². The van der Waals surface area contributed by atoms with Gasteiger partial charge in [-0.2, -0.15) is 0 Å². The number of hydrogen-bond donors (Lipinski definition) is 2. The number of hydrogen-bond acceptors (Lipinski definition) is 4. The second-order valence-corrected chi connectivity index (χ2v) is 6.95. The van der Waals surface area contributed by atoms with Gasteiger partial charge in [-0.3, -0.25) is 9.59 Å². The number of carboxylic acid groups (broad SMARTS) is 1. The lowest BCUT2D eigenvalue weighted by atomic mass is 10.2. The van der Waals surface area contributed by atoms with E-state index in [1.165, 1.54) is 17.3 Å². The molecule has 0 aliphatic carbocycles. The van der Waals surface area contributed by atoms with Gasteiger partial charge in [0.2, 0.25) is 11.8 Å². The zero-order valence-corrected chi connectivity index (χ0v) is 15.2. The average molecular weight is 382 g/mol. The highest BCUT2D eigenvalue weighted by Gasteiger charge is 2.23. The monoisotopic (exact) mass is 382 g/mol. The summed E-state index contributed by atoms with van der Waals surface area (Å²) in [5.74, 6) is -1.37. The summed E-state index contributed by atoms with van der Waals surface area (Å²) < 4.78 is 0. The third-order valence-corrected chi connectivity index (χ3v) is 5.01. The molecule has 0 fully saturated rings. The predicted octanol–water partition coefficient (Wildman–Crippen LogP) is 2.95. The van der Waals surface area contributed by atoms with Crippen molar-refractivity contribution in [2.75, 3.05) is 22.5 Å². The Balaban J connectivity index is 1.58. The summed E-state index contributed by atoms with van der Waals surface area (Å²) in [6.45, 7) is 0.699. The van der Waals surface area contributed by atoms with Crippen LogP contribution in [0.4, 0.5) is 11.4 Å². The quantitative estimate of drug-likeness (QED) is 0.593. The van der Waals surface area contributed by atoms with E-state index in [0.29, 0.717) is 18.0 Å². The van der Waals surface area contributed by atoms with Crippen LogP contribution < -0.4 is 10.2 Å². The number of carboxylic acids is 1. The normalized spacial score (nSPS) is 12.8. The second-order valence-electron chi connectivity index (χ2n) is 5.90. The average Bonchev–Trinajstić information content (AvgIpc) is 3.09. The summed E-state index contributed by atoms with van der Waals surface area (Å²) in [5, 5.41) is 11.1. The van der Waals surface area contributed by atoms with Crippen LogP contribution in [0.3, 0.4) is 0 Å². The predicted molar refractivity (Wildman–Crippen MR) is 105 cm³/mol. The van der Waals surface area contributed by atoms with Gasteiger partial charge in [0.1, 0.15) is 0 Å². The zero-order chi connectivity index (χ0) is 19.2. The van der Waals surface area contributed by atoms with Gasteiger partial charge in [-0.25, -0.2) is 4.79 Å². The van der Waals surface area contributed by atoms with E-state index in [1.807, 2.05) is 35.2 Å². The summed E-state index contributed by atoms with van der Waals surface area (Å²) in [4.78, 5) is 37.3. The summed E-state index contributed by atoms with van der Waals surface area (Å²) in [6.07, 6.45) is 2.61. The van der Waals surface area contributed by atoms with Gasteiger partial charge in [-0.05, 0) is 36.2 Å². The number of nitrogens with zero attached hydrogens (tertiary/aromatic N) is 1. The topological polar surface area (TPSA) is 86.7 Å². The Morgan fingerprint density at radius 3 is 2.74 bits per heavy atom. The van der Waals surface area contributed by atoms with Crippen LogP contribution in [-0.2, 0) is 20.8 Å². The first kappa shape index (κ1) is 18.7. The molecule has 7 heteroatoms. The number of anilines is 2. The Morgan fingerprint density at radius 1 is 1.11 bits per heavy atom. The van der Waals surface area contributed by atoms with Crippen molar-refractivity contribution < 1.29 is 19.5 Å². The SMILES string of the molecule is O=C(O)/C=C/C(=O)Nc1cccc(SCC(=O)N2CCc3ccccc32)c1. The first-order valence-electron chi connectivity index (χ1n) is 8.36. The molecule has 2 aromatic rings. The number of fused-ring (bicyclic) bond motifs is 1. The van der Waals surface area contributed by atoms with Gasteiger partial charge in [0.25, 0.3) is 0 Å². The Morgan fingerprint density at radius 2 is 1.93 bits per heavy atom. The summed E-state index contributed by atoms with van der Waals surface area (Å²) in [7, 11) is 0. The van der Waals surface area contributed by atoms with E-state index < -0.39 is 11.9 Å². The third-order valence-electron chi connectivity index (χ3n) is 4.03. The molecular weight excluding hydrogens is 364 g/mol. The minimum Gasteiger partial charge on any atom is -0.478 e. The maximum Gasteiger partial charge on any atom is 0.328 e. The van der Waals surface area contributed by atoms with Crippen LogP contribution in [0.25, 0.3) is 0 Å². The number of carbonyl (C=O) groups excluding carboxylic acids is 2. The minimum absolute atomic E-state index is 0.0452. The van der Waals surface area contributed by atoms with Crippen LogP contribution in [0, 0.1) is 0 Å². The first-order valence-corrected chi connectivity index (χ1v) is 9.34. The van der Waals surface area contributed by atoms with Gasteiger partial charge in [-0.15, -0.1) is 11.8 Å². The molecule has 27 heavy (non-hydrogen) atoms. The molecule has 0 radical (unpaired) electrons. The lowest BCUT2D eigenvalue weighted by Gasteiger charge is -2.17. The molecule has 6 nitrogen and oxygen atoms in total. The van der Waals surface area contributed by atoms with E-state index in [1.54, 1.807) is 18.2 Å². The molecule has 138 valence electrons. The highest BCUT2D eigenvalue weighted by Crippen LogP contribution is 2.29. The van der Waals surface area contributed by atoms with E-state index in [-0.39, 0.29) is 5.91 Å². The Kier molecular flexibility index (Phi) is 5.93. The summed E-state index contributed by atoms with van der Waals surface area (Å²) in [6, 6.07) is 15.0. The molecule has 3 rings (SSSR count). The molecule has 2 aromatic carbocycles. The molecule has 0 spiro atoms. The fourth-order valence-electron chi connectivity index (χ4n) is 2.81. The van der Waals surface area contributed by atoms with Gasteiger partial charge in [0, 0.05) is 35.0 Å². The van der Waals surface area contributed by atoms with Crippen molar-refractivity contribution in [3.8, 4) is 0 Å². The minimum atomic E-state index is -1.18. The lowest BCUT2D eigenvalue weighted by Crippen LogP contribution is -2.30. The van der Waals surface area contributed by atoms with Crippen molar-refractivity contribution in [2.24, 2.45) is 0 Å². The molecule has 0 atom stereocenters. The molecule has 1 aliphatic rings. The maximum absolute atomic E-state index is 12.6. The fraction of sp³-hybridized carbons (Fsp3) is 0.150. The van der Waals surface area contributed by atoms with Gasteiger partial charge >= 0.3 is 5.97 Å².